The van der Waals surface area contributed by atoms with E-state index in [-0.39, 0.29) is 13.0 Å². The summed E-state index contributed by atoms with van der Waals surface area (Å²) in [5.74, 6) is 0. The molecule has 0 aliphatic carbocycles. The van der Waals surface area contributed by atoms with Crippen LogP contribution in [0.3, 0.4) is 0 Å². The molecule has 7 heteroatoms. The minimum Gasteiger partial charge on any atom is -0.385 e. The molecule has 0 fully saturated rings. The number of sulfone groups is 2. The van der Waals surface area contributed by atoms with Gasteiger partial charge in [0.2, 0.25) is 0 Å². The van der Waals surface area contributed by atoms with Crippen LogP contribution in [0, 0.1) is 0 Å². The zero-order valence-corrected chi connectivity index (χ0v) is 10.1. The average Bonchev–Trinajstić information content (AvgIpc) is 2.18. The Labute approximate surface area is 90.3 Å². The van der Waals surface area contributed by atoms with Crippen LogP contribution in [0.15, 0.2) is 24.0 Å². The Morgan fingerprint density at radius 3 is 1.80 bits per heavy atom. The van der Waals surface area contributed by atoms with Crippen LogP contribution in [0.4, 0.5) is 0 Å². The van der Waals surface area contributed by atoms with Crippen molar-refractivity contribution in [3.8, 4) is 0 Å². The largest absolute Gasteiger partial charge is 0.385 e. The van der Waals surface area contributed by atoms with Crippen molar-refractivity contribution in [3.05, 3.63) is 24.0 Å². The second-order valence-electron chi connectivity index (χ2n) is 2.72. The van der Waals surface area contributed by atoms with Gasteiger partial charge in [0.1, 0.15) is 0 Å². The molecule has 0 amide bonds. The van der Waals surface area contributed by atoms with Crippen molar-refractivity contribution in [2.24, 2.45) is 0 Å². The maximum Gasteiger partial charge on any atom is 0.188 e. The first-order chi connectivity index (χ1) is 6.81. The first kappa shape index (κ1) is 14.3. The second kappa shape index (κ2) is 5.43. The van der Waals surface area contributed by atoms with Crippen molar-refractivity contribution in [1.29, 1.82) is 0 Å². The molecule has 0 spiro atoms. The molecule has 88 valence electrons. The molecule has 0 atom stereocenters. The summed E-state index contributed by atoms with van der Waals surface area (Å²) in [6, 6.07) is 0. The van der Waals surface area contributed by atoms with Crippen molar-refractivity contribution in [2.45, 2.75) is 11.0 Å². The maximum absolute atomic E-state index is 11.4. The fourth-order valence-electron chi connectivity index (χ4n) is 0.944. The van der Waals surface area contributed by atoms with Crippen molar-refractivity contribution < 1.29 is 21.6 Å². The summed E-state index contributed by atoms with van der Waals surface area (Å²) in [6.45, 7) is 6.20. The van der Waals surface area contributed by atoms with Gasteiger partial charge in [-0.05, 0) is 0 Å². The number of ether oxygens (including phenoxy) is 1. The number of hydrogen-bond donors (Lipinski definition) is 0. The molecule has 0 bridgehead atoms. The third-order valence-corrected chi connectivity index (χ3v) is 6.23. The number of hydrogen-bond acceptors (Lipinski definition) is 5. The molecule has 0 heterocycles. The smallest absolute Gasteiger partial charge is 0.188 e. The maximum atomic E-state index is 11.4. The first-order valence-electron chi connectivity index (χ1n) is 4.03. The molecular weight excluding hydrogens is 240 g/mol. The van der Waals surface area contributed by atoms with Gasteiger partial charge in [-0.25, -0.2) is 16.8 Å². The molecule has 0 aliphatic rings. The van der Waals surface area contributed by atoms with Crippen LogP contribution in [0.25, 0.3) is 0 Å². The predicted octanol–water partition coefficient (Wildman–Crippen LogP) is 0.466. The van der Waals surface area contributed by atoms with E-state index in [0.717, 1.165) is 0 Å². The van der Waals surface area contributed by atoms with Gasteiger partial charge >= 0.3 is 0 Å². The van der Waals surface area contributed by atoms with Crippen molar-refractivity contribution in [2.75, 3.05) is 13.7 Å². The lowest BCUT2D eigenvalue weighted by atomic mass is 10.5. The molecule has 0 aromatic carbocycles. The van der Waals surface area contributed by atoms with Crippen molar-refractivity contribution >= 4 is 19.7 Å². The highest BCUT2D eigenvalue weighted by atomic mass is 32.3. The summed E-state index contributed by atoms with van der Waals surface area (Å²) >= 11 is 0. The third-order valence-electron chi connectivity index (χ3n) is 1.76. The SMILES string of the molecule is C=CS(=O)(=O)C(CCOC)S(=O)(=O)C=C. The highest BCUT2D eigenvalue weighted by molar-refractivity contribution is 8.11. The molecule has 0 aromatic heterocycles. The van der Waals surface area contributed by atoms with Gasteiger partial charge in [-0.15, -0.1) is 0 Å². The van der Waals surface area contributed by atoms with Crippen LogP contribution in [0.2, 0.25) is 0 Å². The molecule has 0 saturated carbocycles. The van der Waals surface area contributed by atoms with Crippen LogP contribution in [0.1, 0.15) is 6.42 Å². The summed E-state index contributed by atoms with van der Waals surface area (Å²) in [4.78, 5) is 0. The Balaban J connectivity index is 5.26. The van der Waals surface area contributed by atoms with Gasteiger partial charge in [-0.1, -0.05) is 13.2 Å². The fraction of sp³-hybridized carbons (Fsp3) is 0.500. The summed E-state index contributed by atoms with van der Waals surface area (Å²) < 4.78 is 48.7. The summed E-state index contributed by atoms with van der Waals surface area (Å²) in [5.41, 5.74) is 0. The Hall–Kier alpha value is -0.660. The molecule has 0 aliphatic heterocycles. The monoisotopic (exact) mass is 254 g/mol. The first-order valence-corrected chi connectivity index (χ1v) is 7.25. The molecule has 0 unspecified atom stereocenters. The van der Waals surface area contributed by atoms with Crippen LogP contribution in [-0.2, 0) is 24.4 Å². The van der Waals surface area contributed by atoms with E-state index in [1.54, 1.807) is 0 Å². The minimum atomic E-state index is -3.88. The van der Waals surface area contributed by atoms with Crippen LogP contribution in [-0.4, -0.2) is 35.1 Å². The summed E-state index contributed by atoms with van der Waals surface area (Å²) in [5, 5.41) is 1.27. The van der Waals surface area contributed by atoms with Crippen LogP contribution < -0.4 is 0 Å². The van der Waals surface area contributed by atoms with Gasteiger partial charge in [-0.3, -0.25) is 0 Å². The second-order valence-corrected chi connectivity index (χ2v) is 7.18. The molecule has 15 heavy (non-hydrogen) atoms. The number of methoxy groups -OCH3 is 1. The lowest BCUT2D eigenvalue weighted by molar-refractivity contribution is 0.197. The Bertz CT molecular complexity index is 380. The predicted molar refractivity (Wildman–Crippen MR) is 58.5 cm³/mol. The molecule has 5 nitrogen and oxygen atoms in total. The van der Waals surface area contributed by atoms with Gasteiger partial charge in [-0.2, -0.15) is 0 Å². The van der Waals surface area contributed by atoms with Gasteiger partial charge in [0.05, 0.1) is 0 Å². The van der Waals surface area contributed by atoms with E-state index in [1.807, 2.05) is 0 Å². The average molecular weight is 254 g/mol. The van der Waals surface area contributed by atoms with Gasteiger partial charge in [0, 0.05) is 31.0 Å². The van der Waals surface area contributed by atoms with E-state index in [0.29, 0.717) is 10.8 Å². The molecule has 0 radical (unpaired) electrons. The normalized spacial score (nSPS) is 12.7. The molecule has 0 aromatic rings. The van der Waals surface area contributed by atoms with E-state index in [1.165, 1.54) is 7.11 Å². The Morgan fingerprint density at radius 2 is 1.53 bits per heavy atom. The fourth-order valence-corrected chi connectivity index (χ4v) is 4.19. The highest BCUT2D eigenvalue weighted by Crippen LogP contribution is 2.17. The zero-order valence-electron chi connectivity index (χ0n) is 8.42. The highest BCUT2D eigenvalue weighted by Gasteiger charge is 2.33. The van der Waals surface area contributed by atoms with Crippen molar-refractivity contribution in [3.63, 3.8) is 0 Å². The summed E-state index contributed by atoms with van der Waals surface area (Å²) in [6.07, 6.45) is -0.140. The summed E-state index contributed by atoms with van der Waals surface area (Å²) in [7, 11) is -6.40. The van der Waals surface area contributed by atoms with E-state index in [2.05, 4.69) is 17.9 Å². The van der Waals surface area contributed by atoms with E-state index in [9.17, 15) is 16.8 Å². The lowest BCUT2D eigenvalue weighted by Gasteiger charge is -2.12. The van der Waals surface area contributed by atoms with Gasteiger partial charge < -0.3 is 4.74 Å². The standard InChI is InChI=1S/C8H14O5S2/c1-4-14(9,10)8(6-7-13-3)15(11,12)5-2/h4-5,8H,1-2,6-7H2,3H3. The molecule has 0 rings (SSSR count). The Morgan fingerprint density at radius 1 is 1.13 bits per heavy atom. The Kier molecular flexibility index (Phi) is 5.19. The van der Waals surface area contributed by atoms with E-state index < -0.39 is 24.3 Å². The van der Waals surface area contributed by atoms with Crippen LogP contribution >= 0.6 is 0 Å². The van der Waals surface area contributed by atoms with Gasteiger partial charge in [0.25, 0.3) is 0 Å². The molecule has 0 N–H and O–H groups in total. The van der Waals surface area contributed by atoms with Gasteiger partial charge in [0.15, 0.2) is 24.3 Å². The molecule has 0 saturated heterocycles. The molecular formula is C8H14O5S2. The van der Waals surface area contributed by atoms with Crippen LogP contribution in [0.5, 0.6) is 0 Å². The topological polar surface area (TPSA) is 77.5 Å². The quantitative estimate of drug-likeness (QED) is 0.660. The van der Waals surface area contributed by atoms with E-state index >= 15 is 0 Å². The third kappa shape index (κ3) is 3.77. The van der Waals surface area contributed by atoms with E-state index in [4.69, 9.17) is 0 Å². The lowest BCUT2D eigenvalue weighted by Crippen LogP contribution is -2.28. The minimum absolute atomic E-state index is 0.0325. The van der Waals surface area contributed by atoms with Crippen molar-refractivity contribution in [1.82, 2.24) is 0 Å². The number of rotatable bonds is 7. The zero-order chi connectivity index (χ0) is 12.1.